The molecule has 7 nitrogen and oxygen atoms in total. The number of nitrogens with one attached hydrogen (secondary N) is 1. The summed E-state index contributed by atoms with van der Waals surface area (Å²) in [5.41, 5.74) is 0.742. The molecule has 1 saturated heterocycles. The van der Waals surface area contributed by atoms with Crippen LogP contribution in [0, 0.1) is 10.1 Å². The predicted molar refractivity (Wildman–Crippen MR) is 80.0 cm³/mol. The highest BCUT2D eigenvalue weighted by Crippen LogP contribution is 2.30. The Morgan fingerprint density at radius 2 is 2.33 bits per heavy atom. The van der Waals surface area contributed by atoms with E-state index in [1.54, 1.807) is 12.1 Å². The standard InChI is InChI=1S/C14H21N3O4/c1-10(14-9-16(2)6-7-21-14)15-11-4-5-12(17(18)19)13(8-11)20-3/h4-5,8,10,14-15H,6-7,9H2,1-3H3. The summed E-state index contributed by atoms with van der Waals surface area (Å²) in [6.45, 7) is 4.56. The predicted octanol–water partition coefficient (Wildman–Crippen LogP) is 1.73. The second kappa shape index (κ2) is 6.73. The van der Waals surface area contributed by atoms with Gasteiger partial charge in [-0.2, -0.15) is 0 Å². The monoisotopic (exact) mass is 295 g/mol. The molecule has 0 radical (unpaired) electrons. The van der Waals surface area contributed by atoms with E-state index in [0.29, 0.717) is 0 Å². The number of nitrogens with zero attached hydrogens (tertiary/aromatic N) is 2. The molecule has 1 fully saturated rings. The Balaban J connectivity index is 2.06. The number of nitro benzene ring substituents is 1. The van der Waals surface area contributed by atoms with E-state index in [1.165, 1.54) is 13.2 Å². The first-order valence-electron chi connectivity index (χ1n) is 6.90. The second-order valence-electron chi connectivity index (χ2n) is 5.25. The quantitative estimate of drug-likeness (QED) is 0.658. The van der Waals surface area contributed by atoms with Crippen molar-refractivity contribution in [3.63, 3.8) is 0 Å². The van der Waals surface area contributed by atoms with Gasteiger partial charge in [0.2, 0.25) is 0 Å². The molecular weight excluding hydrogens is 274 g/mol. The third kappa shape index (κ3) is 3.83. The van der Waals surface area contributed by atoms with Crippen LogP contribution in [0.4, 0.5) is 11.4 Å². The lowest BCUT2D eigenvalue weighted by Gasteiger charge is -2.34. The molecule has 0 saturated carbocycles. The first-order valence-corrected chi connectivity index (χ1v) is 6.90. The van der Waals surface area contributed by atoms with E-state index in [4.69, 9.17) is 9.47 Å². The number of methoxy groups -OCH3 is 1. The van der Waals surface area contributed by atoms with Crippen LogP contribution in [0.3, 0.4) is 0 Å². The maximum absolute atomic E-state index is 10.9. The van der Waals surface area contributed by atoms with Crippen LogP contribution in [0.1, 0.15) is 6.92 Å². The van der Waals surface area contributed by atoms with Crippen LogP contribution in [0.2, 0.25) is 0 Å². The highest BCUT2D eigenvalue weighted by atomic mass is 16.6. The zero-order chi connectivity index (χ0) is 15.4. The summed E-state index contributed by atoms with van der Waals surface area (Å²) >= 11 is 0. The maximum Gasteiger partial charge on any atom is 0.311 e. The summed E-state index contributed by atoms with van der Waals surface area (Å²) in [6, 6.07) is 4.87. The highest BCUT2D eigenvalue weighted by molar-refractivity contribution is 5.58. The molecule has 1 aromatic rings. The van der Waals surface area contributed by atoms with Gasteiger partial charge < -0.3 is 19.7 Å². The number of nitro groups is 1. The third-order valence-electron chi connectivity index (χ3n) is 3.62. The summed E-state index contributed by atoms with van der Waals surface area (Å²) in [5.74, 6) is 0.249. The summed E-state index contributed by atoms with van der Waals surface area (Å²) in [4.78, 5) is 12.6. The topological polar surface area (TPSA) is 76.9 Å². The molecule has 21 heavy (non-hydrogen) atoms. The third-order valence-corrected chi connectivity index (χ3v) is 3.62. The minimum atomic E-state index is -0.453. The van der Waals surface area contributed by atoms with Gasteiger partial charge in [-0.3, -0.25) is 10.1 Å². The van der Waals surface area contributed by atoms with Gasteiger partial charge in [-0.05, 0) is 20.0 Å². The summed E-state index contributed by atoms with van der Waals surface area (Å²) in [7, 11) is 3.49. The van der Waals surface area contributed by atoms with Gasteiger partial charge in [0, 0.05) is 30.9 Å². The van der Waals surface area contributed by atoms with Crippen molar-refractivity contribution in [1.29, 1.82) is 0 Å². The van der Waals surface area contributed by atoms with Gasteiger partial charge in [-0.1, -0.05) is 0 Å². The molecule has 116 valence electrons. The Labute approximate surface area is 124 Å². The average Bonchev–Trinajstić information content (AvgIpc) is 2.46. The van der Waals surface area contributed by atoms with Crippen LogP contribution in [0.5, 0.6) is 5.75 Å². The number of anilines is 1. The summed E-state index contributed by atoms with van der Waals surface area (Å²) < 4.78 is 10.8. The Kier molecular flexibility index (Phi) is 4.98. The van der Waals surface area contributed by atoms with E-state index < -0.39 is 4.92 Å². The molecule has 0 amide bonds. The lowest BCUT2D eigenvalue weighted by atomic mass is 10.1. The Bertz CT molecular complexity index is 509. The number of morpholine rings is 1. The summed E-state index contributed by atoms with van der Waals surface area (Å²) in [6.07, 6.45) is 0.0879. The molecule has 1 heterocycles. The lowest BCUT2D eigenvalue weighted by Crippen LogP contribution is -2.47. The van der Waals surface area contributed by atoms with E-state index in [0.717, 1.165) is 25.4 Å². The fourth-order valence-corrected chi connectivity index (χ4v) is 2.39. The normalized spacial score (nSPS) is 20.8. The number of rotatable bonds is 5. The second-order valence-corrected chi connectivity index (χ2v) is 5.25. The van der Waals surface area contributed by atoms with Crippen LogP contribution < -0.4 is 10.1 Å². The number of hydrogen-bond acceptors (Lipinski definition) is 6. The van der Waals surface area contributed by atoms with Gasteiger partial charge in [0.25, 0.3) is 0 Å². The Morgan fingerprint density at radius 1 is 1.57 bits per heavy atom. The molecule has 0 bridgehead atoms. The van der Waals surface area contributed by atoms with Gasteiger partial charge in [0.15, 0.2) is 5.75 Å². The number of likely N-dealkylation sites (N-methyl/N-ethyl adjacent to an activating group) is 1. The van der Waals surface area contributed by atoms with Crippen molar-refractivity contribution in [1.82, 2.24) is 4.90 Å². The first kappa shape index (κ1) is 15.5. The molecule has 2 unspecified atom stereocenters. The minimum Gasteiger partial charge on any atom is -0.490 e. The number of benzene rings is 1. The van der Waals surface area contributed by atoms with Crippen molar-refractivity contribution < 1.29 is 14.4 Å². The molecule has 2 atom stereocenters. The first-order chi connectivity index (χ1) is 10.0. The van der Waals surface area contributed by atoms with Gasteiger partial charge in [0.1, 0.15) is 0 Å². The lowest BCUT2D eigenvalue weighted by molar-refractivity contribution is -0.385. The number of hydrogen-bond donors (Lipinski definition) is 1. The molecule has 1 aliphatic heterocycles. The highest BCUT2D eigenvalue weighted by Gasteiger charge is 2.24. The van der Waals surface area contributed by atoms with Gasteiger partial charge in [-0.25, -0.2) is 0 Å². The Morgan fingerprint density at radius 3 is 2.95 bits per heavy atom. The zero-order valence-electron chi connectivity index (χ0n) is 12.5. The largest absolute Gasteiger partial charge is 0.490 e. The van der Waals surface area contributed by atoms with Crippen molar-refractivity contribution >= 4 is 11.4 Å². The Hall–Kier alpha value is -1.86. The molecule has 1 N–H and O–H groups in total. The maximum atomic E-state index is 10.9. The van der Waals surface area contributed by atoms with E-state index in [-0.39, 0.29) is 23.6 Å². The molecule has 1 aliphatic rings. The van der Waals surface area contributed by atoms with Crippen LogP contribution in [0.15, 0.2) is 18.2 Å². The molecule has 0 aromatic heterocycles. The van der Waals surface area contributed by atoms with Crippen molar-refractivity contribution in [2.24, 2.45) is 0 Å². The fourth-order valence-electron chi connectivity index (χ4n) is 2.39. The molecule has 0 spiro atoms. The van der Waals surface area contributed by atoms with Crippen LogP contribution >= 0.6 is 0 Å². The molecule has 0 aliphatic carbocycles. The van der Waals surface area contributed by atoms with Gasteiger partial charge in [-0.15, -0.1) is 0 Å². The SMILES string of the molecule is COc1cc(NC(C)C2CN(C)CCO2)ccc1[N+](=O)[O-]. The van der Waals surface area contributed by atoms with E-state index in [2.05, 4.69) is 17.3 Å². The number of ether oxygens (including phenoxy) is 2. The molecule has 7 heteroatoms. The molecule has 2 rings (SSSR count). The van der Waals surface area contributed by atoms with Crippen LogP contribution in [-0.4, -0.2) is 55.8 Å². The van der Waals surface area contributed by atoms with Crippen LogP contribution in [0.25, 0.3) is 0 Å². The van der Waals surface area contributed by atoms with E-state index >= 15 is 0 Å². The average molecular weight is 295 g/mol. The molecular formula is C14H21N3O4. The van der Waals surface area contributed by atoms with E-state index in [9.17, 15) is 10.1 Å². The summed E-state index contributed by atoms with van der Waals surface area (Å²) in [5, 5.41) is 14.2. The van der Waals surface area contributed by atoms with Crippen molar-refractivity contribution in [3.05, 3.63) is 28.3 Å². The van der Waals surface area contributed by atoms with Gasteiger partial charge in [0.05, 0.1) is 30.8 Å². The van der Waals surface area contributed by atoms with E-state index in [1.807, 2.05) is 6.92 Å². The zero-order valence-corrected chi connectivity index (χ0v) is 12.5. The minimum absolute atomic E-state index is 0.0376. The van der Waals surface area contributed by atoms with Crippen LogP contribution in [-0.2, 0) is 4.74 Å². The smallest absolute Gasteiger partial charge is 0.311 e. The van der Waals surface area contributed by atoms with Crippen molar-refractivity contribution in [2.45, 2.75) is 19.1 Å². The fraction of sp³-hybridized carbons (Fsp3) is 0.571. The van der Waals surface area contributed by atoms with Crippen molar-refractivity contribution in [3.8, 4) is 5.75 Å². The molecule has 1 aromatic carbocycles. The van der Waals surface area contributed by atoms with Crippen molar-refractivity contribution in [2.75, 3.05) is 39.2 Å². The van der Waals surface area contributed by atoms with Gasteiger partial charge >= 0.3 is 5.69 Å².